The van der Waals surface area contributed by atoms with Crippen molar-refractivity contribution in [3.8, 4) is 5.75 Å². The molecule has 1 amide bonds. The van der Waals surface area contributed by atoms with E-state index in [0.29, 0.717) is 11.3 Å². The lowest BCUT2D eigenvalue weighted by Crippen LogP contribution is -2.44. The summed E-state index contributed by atoms with van der Waals surface area (Å²) in [6.07, 6.45) is 0.0531. The average molecular weight is 267 g/mol. The van der Waals surface area contributed by atoms with Crippen molar-refractivity contribution in [3.63, 3.8) is 0 Å². The monoisotopic (exact) mass is 267 g/mol. The zero-order chi connectivity index (χ0) is 14.3. The summed E-state index contributed by atoms with van der Waals surface area (Å²) in [7, 11) is 2.89. The van der Waals surface area contributed by atoms with Crippen LogP contribution in [0.1, 0.15) is 5.56 Å². The van der Waals surface area contributed by atoms with Crippen LogP contribution in [-0.2, 0) is 20.7 Å². The van der Waals surface area contributed by atoms with Crippen molar-refractivity contribution in [2.24, 2.45) is 0 Å². The van der Waals surface area contributed by atoms with E-state index >= 15 is 0 Å². The predicted octanol–water partition coefficient (Wildman–Crippen LogP) is 0.453. The standard InChI is InChI=1S/C13H17NO5/c1-18-8-10(13(16)17)14-12(15)7-9-5-3-4-6-11(9)19-2/h3-6,10H,7-8H2,1-2H3,(H,14,15)(H,16,17). The lowest BCUT2D eigenvalue weighted by Gasteiger charge is -2.14. The van der Waals surface area contributed by atoms with E-state index in [9.17, 15) is 9.59 Å². The van der Waals surface area contributed by atoms with Crippen LogP contribution in [0.4, 0.5) is 0 Å². The third-order valence-corrected chi connectivity index (χ3v) is 2.51. The Bertz CT molecular complexity index is 446. The molecule has 1 aromatic rings. The van der Waals surface area contributed by atoms with Crippen LogP contribution < -0.4 is 10.1 Å². The first-order valence-electron chi connectivity index (χ1n) is 5.71. The van der Waals surface area contributed by atoms with Gasteiger partial charge >= 0.3 is 5.97 Å². The van der Waals surface area contributed by atoms with Gasteiger partial charge in [0.25, 0.3) is 0 Å². The van der Waals surface area contributed by atoms with Gasteiger partial charge in [0.2, 0.25) is 5.91 Å². The number of aliphatic carboxylic acids is 1. The van der Waals surface area contributed by atoms with Crippen molar-refractivity contribution in [3.05, 3.63) is 29.8 Å². The summed E-state index contributed by atoms with van der Waals surface area (Å²) in [5.41, 5.74) is 0.698. The van der Waals surface area contributed by atoms with Crippen LogP contribution in [0.25, 0.3) is 0 Å². The van der Waals surface area contributed by atoms with E-state index in [0.717, 1.165) is 0 Å². The van der Waals surface area contributed by atoms with Crippen molar-refractivity contribution in [2.75, 3.05) is 20.8 Å². The summed E-state index contributed by atoms with van der Waals surface area (Å²) >= 11 is 0. The fraction of sp³-hybridized carbons (Fsp3) is 0.385. The van der Waals surface area contributed by atoms with Gasteiger partial charge in [-0.2, -0.15) is 0 Å². The Morgan fingerprint density at radius 2 is 2.00 bits per heavy atom. The number of carboxylic acid groups (broad SMARTS) is 1. The summed E-state index contributed by atoms with van der Waals surface area (Å²) in [4.78, 5) is 22.7. The normalized spacial score (nSPS) is 11.7. The molecule has 0 heterocycles. The molecular weight excluding hydrogens is 250 g/mol. The van der Waals surface area contributed by atoms with Crippen LogP contribution in [0.15, 0.2) is 24.3 Å². The van der Waals surface area contributed by atoms with Gasteiger partial charge in [-0.05, 0) is 6.07 Å². The van der Waals surface area contributed by atoms with Gasteiger partial charge in [-0.25, -0.2) is 4.79 Å². The number of hydrogen-bond donors (Lipinski definition) is 2. The molecule has 1 aromatic carbocycles. The molecule has 0 fully saturated rings. The number of benzene rings is 1. The second kappa shape index (κ2) is 7.38. The third-order valence-electron chi connectivity index (χ3n) is 2.51. The minimum Gasteiger partial charge on any atom is -0.496 e. The van der Waals surface area contributed by atoms with Crippen molar-refractivity contribution < 1.29 is 24.2 Å². The highest BCUT2D eigenvalue weighted by molar-refractivity contribution is 5.85. The molecule has 1 atom stereocenters. The number of ether oxygens (including phenoxy) is 2. The zero-order valence-electron chi connectivity index (χ0n) is 10.9. The van der Waals surface area contributed by atoms with Gasteiger partial charge < -0.3 is 19.9 Å². The molecule has 0 aliphatic carbocycles. The molecule has 104 valence electrons. The fourth-order valence-corrected chi connectivity index (χ4v) is 1.61. The number of carbonyl (C=O) groups is 2. The minimum absolute atomic E-state index is 0.0531. The van der Waals surface area contributed by atoms with Gasteiger partial charge in [0, 0.05) is 12.7 Å². The SMILES string of the molecule is COCC(NC(=O)Cc1ccccc1OC)C(=O)O. The van der Waals surface area contributed by atoms with E-state index in [1.165, 1.54) is 14.2 Å². The quantitative estimate of drug-likeness (QED) is 0.749. The van der Waals surface area contributed by atoms with Gasteiger partial charge in [-0.1, -0.05) is 18.2 Å². The van der Waals surface area contributed by atoms with E-state index in [-0.39, 0.29) is 13.0 Å². The zero-order valence-corrected chi connectivity index (χ0v) is 10.9. The number of nitrogens with one attached hydrogen (secondary N) is 1. The Hall–Kier alpha value is -2.08. The van der Waals surface area contributed by atoms with Crippen LogP contribution in [0, 0.1) is 0 Å². The van der Waals surface area contributed by atoms with Gasteiger partial charge in [0.1, 0.15) is 5.75 Å². The number of rotatable bonds is 7. The number of para-hydroxylation sites is 1. The van der Waals surface area contributed by atoms with Crippen LogP contribution in [0.3, 0.4) is 0 Å². The average Bonchev–Trinajstić information content (AvgIpc) is 2.38. The van der Waals surface area contributed by atoms with Gasteiger partial charge in [0.05, 0.1) is 20.1 Å². The van der Waals surface area contributed by atoms with Crippen molar-refractivity contribution in [2.45, 2.75) is 12.5 Å². The first-order valence-corrected chi connectivity index (χ1v) is 5.71. The molecule has 0 saturated carbocycles. The molecule has 0 bridgehead atoms. The number of amides is 1. The van der Waals surface area contributed by atoms with Crippen molar-refractivity contribution in [1.82, 2.24) is 5.32 Å². The minimum atomic E-state index is -1.13. The molecule has 6 heteroatoms. The maximum Gasteiger partial charge on any atom is 0.328 e. The molecule has 1 rings (SSSR count). The second-order valence-corrected chi connectivity index (χ2v) is 3.90. The molecule has 0 aliphatic heterocycles. The fourth-order valence-electron chi connectivity index (χ4n) is 1.61. The lowest BCUT2D eigenvalue weighted by molar-refractivity contribution is -0.143. The summed E-state index contributed by atoms with van der Waals surface area (Å²) < 4.78 is 9.87. The van der Waals surface area contributed by atoms with E-state index in [2.05, 4.69) is 5.32 Å². The van der Waals surface area contributed by atoms with Crippen LogP contribution in [0.2, 0.25) is 0 Å². The predicted molar refractivity (Wildman–Crippen MR) is 68.1 cm³/mol. The Labute approximate surface area is 111 Å². The van der Waals surface area contributed by atoms with Crippen LogP contribution in [-0.4, -0.2) is 43.9 Å². The molecule has 0 saturated heterocycles. The molecule has 0 aliphatic rings. The van der Waals surface area contributed by atoms with E-state index in [1.54, 1.807) is 24.3 Å². The number of hydrogen-bond acceptors (Lipinski definition) is 4. The number of carboxylic acids is 1. The Morgan fingerprint density at radius 1 is 1.32 bits per heavy atom. The molecular formula is C13H17NO5. The topological polar surface area (TPSA) is 84.9 Å². The second-order valence-electron chi connectivity index (χ2n) is 3.90. The Balaban J connectivity index is 2.66. The highest BCUT2D eigenvalue weighted by atomic mass is 16.5. The summed E-state index contributed by atoms with van der Waals surface area (Å²) in [6, 6.07) is 6.03. The van der Waals surface area contributed by atoms with Gasteiger partial charge in [-0.15, -0.1) is 0 Å². The molecule has 0 aromatic heterocycles. The largest absolute Gasteiger partial charge is 0.496 e. The molecule has 19 heavy (non-hydrogen) atoms. The Morgan fingerprint density at radius 3 is 2.58 bits per heavy atom. The molecule has 0 spiro atoms. The molecule has 2 N–H and O–H groups in total. The Kier molecular flexibility index (Phi) is 5.81. The maximum absolute atomic E-state index is 11.8. The summed E-state index contributed by atoms with van der Waals surface area (Å²) in [6.45, 7) is -0.0764. The van der Waals surface area contributed by atoms with E-state index in [4.69, 9.17) is 14.6 Å². The van der Waals surface area contributed by atoms with E-state index in [1.807, 2.05) is 0 Å². The maximum atomic E-state index is 11.8. The third kappa shape index (κ3) is 4.59. The smallest absolute Gasteiger partial charge is 0.328 e. The first-order chi connectivity index (χ1) is 9.08. The van der Waals surface area contributed by atoms with Crippen LogP contribution >= 0.6 is 0 Å². The highest BCUT2D eigenvalue weighted by Crippen LogP contribution is 2.17. The van der Waals surface area contributed by atoms with E-state index < -0.39 is 17.9 Å². The summed E-state index contributed by atoms with van der Waals surface area (Å²) in [5.74, 6) is -0.930. The highest BCUT2D eigenvalue weighted by Gasteiger charge is 2.20. The van der Waals surface area contributed by atoms with Crippen molar-refractivity contribution >= 4 is 11.9 Å². The molecule has 6 nitrogen and oxygen atoms in total. The molecule has 1 unspecified atom stereocenters. The molecule has 0 radical (unpaired) electrons. The number of carbonyl (C=O) groups excluding carboxylic acids is 1. The van der Waals surface area contributed by atoms with Gasteiger partial charge in [0.15, 0.2) is 6.04 Å². The van der Waals surface area contributed by atoms with Gasteiger partial charge in [-0.3, -0.25) is 4.79 Å². The number of methoxy groups -OCH3 is 2. The summed E-state index contributed by atoms with van der Waals surface area (Å²) in [5, 5.41) is 11.3. The van der Waals surface area contributed by atoms with Crippen molar-refractivity contribution in [1.29, 1.82) is 0 Å². The van der Waals surface area contributed by atoms with Crippen LogP contribution in [0.5, 0.6) is 5.75 Å². The lowest BCUT2D eigenvalue weighted by atomic mass is 10.1. The first kappa shape index (κ1) is 15.0.